The van der Waals surface area contributed by atoms with Crippen LogP contribution in [0.1, 0.15) is 32.3 Å². The molecule has 146 valence electrons. The molecule has 1 aromatic rings. The van der Waals surface area contributed by atoms with Gasteiger partial charge >= 0.3 is 24.0 Å². The minimum absolute atomic E-state index is 0.00579. The van der Waals surface area contributed by atoms with Gasteiger partial charge in [0.2, 0.25) is 0 Å². The molecule has 1 unspecified atom stereocenters. The van der Waals surface area contributed by atoms with Crippen molar-refractivity contribution < 1.29 is 38.5 Å². The Balaban J connectivity index is 1.96. The molecule has 2 rings (SSSR count). The lowest BCUT2D eigenvalue weighted by Gasteiger charge is -2.33. The highest BCUT2D eigenvalue weighted by molar-refractivity contribution is 5.96. The molecule has 0 spiro atoms. The van der Waals surface area contributed by atoms with Crippen molar-refractivity contribution in [2.24, 2.45) is 5.92 Å². The molecule has 0 bridgehead atoms. The Kier molecular flexibility index (Phi) is 6.38. The fraction of sp³-hybridized carbons (Fsp3) is 0.444. The van der Waals surface area contributed by atoms with E-state index in [2.05, 4.69) is 5.32 Å². The van der Waals surface area contributed by atoms with E-state index in [0.29, 0.717) is 0 Å². The SMILES string of the molecule is CC1(C)OC(=O)C(CC(CC(=O)O)NC(=O)OCc2ccccc2)C(=O)O1. The first-order valence-electron chi connectivity index (χ1n) is 8.31. The first-order valence-corrected chi connectivity index (χ1v) is 8.31. The summed E-state index contributed by atoms with van der Waals surface area (Å²) in [4.78, 5) is 47.1. The molecule has 0 aromatic heterocycles. The van der Waals surface area contributed by atoms with Crippen LogP contribution in [0, 0.1) is 5.92 Å². The van der Waals surface area contributed by atoms with Gasteiger partial charge in [-0.2, -0.15) is 0 Å². The molecule has 0 radical (unpaired) electrons. The van der Waals surface area contributed by atoms with Gasteiger partial charge in [0.15, 0.2) is 5.92 Å². The number of hydrogen-bond acceptors (Lipinski definition) is 7. The lowest BCUT2D eigenvalue weighted by molar-refractivity contribution is -0.240. The third-order valence-corrected chi connectivity index (χ3v) is 3.74. The van der Waals surface area contributed by atoms with Crippen molar-refractivity contribution in [3.05, 3.63) is 35.9 Å². The van der Waals surface area contributed by atoms with E-state index in [4.69, 9.17) is 19.3 Å². The van der Waals surface area contributed by atoms with Crippen molar-refractivity contribution in [2.45, 2.75) is 45.1 Å². The summed E-state index contributed by atoms with van der Waals surface area (Å²) >= 11 is 0. The molecule has 1 fully saturated rings. The molecule has 1 aliphatic rings. The molecule has 2 N–H and O–H groups in total. The maximum absolute atomic E-state index is 12.0. The maximum Gasteiger partial charge on any atom is 0.407 e. The Hall–Kier alpha value is -3.10. The summed E-state index contributed by atoms with van der Waals surface area (Å²) in [7, 11) is 0. The number of carboxylic acids is 1. The topological polar surface area (TPSA) is 128 Å². The van der Waals surface area contributed by atoms with Crippen LogP contribution in [-0.4, -0.2) is 40.9 Å². The van der Waals surface area contributed by atoms with Gasteiger partial charge in [0.1, 0.15) is 6.61 Å². The lowest BCUT2D eigenvalue weighted by atomic mass is 9.97. The van der Waals surface area contributed by atoms with Gasteiger partial charge in [-0.05, 0) is 12.0 Å². The number of aliphatic carboxylic acids is 1. The maximum atomic E-state index is 12.0. The van der Waals surface area contributed by atoms with E-state index in [1.165, 1.54) is 13.8 Å². The number of carbonyl (C=O) groups is 4. The smallest absolute Gasteiger partial charge is 0.407 e. The number of ether oxygens (including phenoxy) is 3. The summed E-state index contributed by atoms with van der Waals surface area (Å²) in [6.07, 6.45) is -1.63. The van der Waals surface area contributed by atoms with Gasteiger partial charge in [-0.1, -0.05) is 30.3 Å². The highest BCUT2D eigenvalue weighted by Gasteiger charge is 2.44. The molecule has 0 saturated carbocycles. The van der Waals surface area contributed by atoms with Crippen LogP contribution in [0.25, 0.3) is 0 Å². The van der Waals surface area contributed by atoms with Gasteiger partial charge in [-0.3, -0.25) is 14.4 Å². The highest BCUT2D eigenvalue weighted by atomic mass is 16.7. The zero-order valence-electron chi connectivity index (χ0n) is 15.0. The number of rotatable bonds is 7. The van der Waals surface area contributed by atoms with Crippen molar-refractivity contribution in [2.75, 3.05) is 0 Å². The molecular weight excluding hydrogens is 358 g/mol. The van der Waals surface area contributed by atoms with E-state index < -0.39 is 48.2 Å². The summed E-state index contributed by atoms with van der Waals surface area (Å²) < 4.78 is 15.0. The van der Waals surface area contributed by atoms with Crippen molar-refractivity contribution >= 4 is 24.0 Å². The minimum atomic E-state index is -1.38. The third-order valence-electron chi connectivity index (χ3n) is 3.74. The van der Waals surface area contributed by atoms with Gasteiger partial charge in [0.25, 0.3) is 5.79 Å². The number of esters is 2. The third kappa shape index (κ3) is 6.28. The Morgan fingerprint density at radius 1 is 1.19 bits per heavy atom. The largest absolute Gasteiger partial charge is 0.481 e. The molecule has 1 heterocycles. The van der Waals surface area contributed by atoms with Crippen LogP contribution < -0.4 is 5.32 Å². The Morgan fingerprint density at radius 2 is 1.78 bits per heavy atom. The monoisotopic (exact) mass is 379 g/mol. The van der Waals surface area contributed by atoms with Gasteiger partial charge in [-0.15, -0.1) is 0 Å². The standard InChI is InChI=1S/C18H21NO8/c1-18(2)26-15(22)13(16(23)27-18)8-12(9-14(20)21)19-17(24)25-10-11-6-4-3-5-7-11/h3-7,12-13H,8-10H2,1-2H3,(H,19,24)(H,20,21). The van der Waals surface area contributed by atoms with E-state index in [9.17, 15) is 19.2 Å². The van der Waals surface area contributed by atoms with E-state index in [-0.39, 0.29) is 13.0 Å². The van der Waals surface area contributed by atoms with Crippen LogP contribution in [0.4, 0.5) is 4.79 Å². The van der Waals surface area contributed by atoms with Crippen LogP contribution in [0.15, 0.2) is 30.3 Å². The number of carboxylic acid groups (broad SMARTS) is 1. The van der Waals surface area contributed by atoms with Crippen LogP contribution in [0.2, 0.25) is 0 Å². The molecule has 27 heavy (non-hydrogen) atoms. The second-order valence-corrected chi connectivity index (χ2v) is 6.53. The Morgan fingerprint density at radius 3 is 2.33 bits per heavy atom. The zero-order valence-corrected chi connectivity index (χ0v) is 15.0. The molecular formula is C18H21NO8. The second-order valence-electron chi connectivity index (χ2n) is 6.53. The summed E-state index contributed by atoms with van der Waals surface area (Å²) in [6, 6.07) is 7.89. The fourth-order valence-corrected chi connectivity index (χ4v) is 2.56. The van der Waals surface area contributed by atoms with Gasteiger partial charge in [-0.25, -0.2) is 4.79 Å². The van der Waals surface area contributed by atoms with Crippen LogP contribution in [-0.2, 0) is 35.2 Å². The average molecular weight is 379 g/mol. The number of amides is 1. The predicted octanol–water partition coefficient (Wildman–Crippen LogP) is 1.60. The summed E-state index contributed by atoms with van der Waals surface area (Å²) in [5.74, 6) is -5.56. The number of alkyl carbamates (subject to hydrolysis) is 1. The highest BCUT2D eigenvalue weighted by Crippen LogP contribution is 2.26. The first kappa shape index (κ1) is 20.2. The summed E-state index contributed by atoms with van der Waals surface area (Å²) in [5.41, 5.74) is 0.754. The number of hydrogen-bond donors (Lipinski definition) is 2. The molecule has 1 amide bonds. The van der Waals surface area contributed by atoms with Crippen molar-refractivity contribution in [1.82, 2.24) is 5.32 Å². The quantitative estimate of drug-likeness (QED) is 0.540. The van der Waals surface area contributed by atoms with Gasteiger partial charge in [0.05, 0.1) is 6.42 Å². The van der Waals surface area contributed by atoms with E-state index >= 15 is 0 Å². The number of cyclic esters (lactones) is 2. The number of benzene rings is 1. The molecule has 9 heteroatoms. The summed E-state index contributed by atoms with van der Waals surface area (Å²) in [5, 5.41) is 11.4. The molecule has 9 nitrogen and oxygen atoms in total. The number of carbonyl (C=O) groups excluding carboxylic acids is 3. The fourth-order valence-electron chi connectivity index (χ4n) is 2.56. The predicted molar refractivity (Wildman–Crippen MR) is 90.2 cm³/mol. The van der Waals surface area contributed by atoms with Crippen LogP contribution >= 0.6 is 0 Å². The van der Waals surface area contributed by atoms with E-state index in [1.54, 1.807) is 24.3 Å². The first-order chi connectivity index (χ1) is 12.7. The van der Waals surface area contributed by atoms with Crippen molar-refractivity contribution in [3.8, 4) is 0 Å². The molecule has 1 atom stereocenters. The zero-order chi connectivity index (χ0) is 20.0. The Bertz CT molecular complexity index is 695. The van der Waals surface area contributed by atoms with Gasteiger partial charge < -0.3 is 24.6 Å². The van der Waals surface area contributed by atoms with Crippen LogP contribution in [0.3, 0.4) is 0 Å². The molecule has 1 saturated heterocycles. The van der Waals surface area contributed by atoms with E-state index in [1.807, 2.05) is 6.07 Å². The van der Waals surface area contributed by atoms with Gasteiger partial charge in [0, 0.05) is 19.9 Å². The second kappa shape index (κ2) is 8.52. The molecule has 1 aromatic carbocycles. The lowest BCUT2D eigenvalue weighted by Crippen LogP contribution is -2.49. The van der Waals surface area contributed by atoms with Crippen molar-refractivity contribution in [1.29, 1.82) is 0 Å². The average Bonchev–Trinajstić information content (AvgIpc) is 2.56. The minimum Gasteiger partial charge on any atom is -0.481 e. The molecule has 0 aliphatic carbocycles. The van der Waals surface area contributed by atoms with Crippen molar-refractivity contribution in [3.63, 3.8) is 0 Å². The van der Waals surface area contributed by atoms with Crippen LogP contribution in [0.5, 0.6) is 0 Å². The normalized spacial score (nSPS) is 17.4. The Labute approximate surface area is 155 Å². The molecule has 1 aliphatic heterocycles. The number of nitrogens with one attached hydrogen (secondary N) is 1. The van der Waals surface area contributed by atoms with E-state index in [0.717, 1.165) is 5.56 Å². The summed E-state index contributed by atoms with van der Waals surface area (Å²) in [6.45, 7) is 2.81.